The van der Waals surface area contributed by atoms with Crippen molar-refractivity contribution in [2.24, 2.45) is 5.10 Å². The van der Waals surface area contributed by atoms with Crippen molar-refractivity contribution >= 4 is 27.8 Å². The predicted molar refractivity (Wildman–Crippen MR) is 71.6 cm³/mol. The summed E-state index contributed by atoms with van der Waals surface area (Å²) < 4.78 is 53.3. The molecule has 2 aromatic carbocycles. The van der Waals surface area contributed by atoms with E-state index in [1.807, 2.05) is 5.43 Å². The Balaban J connectivity index is 2.26. The van der Waals surface area contributed by atoms with Crippen molar-refractivity contribution in [1.29, 1.82) is 0 Å². The first kappa shape index (κ1) is 14.5. The third kappa shape index (κ3) is 2.98. The number of hydrazone groups is 1. The van der Waals surface area contributed by atoms with E-state index >= 15 is 0 Å². The third-order valence-corrected chi connectivity index (χ3v) is 3.12. The van der Waals surface area contributed by atoms with E-state index in [2.05, 4.69) is 21.0 Å². The molecular weight excluding hydrogens is 340 g/mol. The SMILES string of the molecule is Fc1cc(F)c(F)c(N/N=C/c2ccccc2Br)c1F. The number of nitrogens with zero attached hydrogens (tertiary/aromatic N) is 1. The molecule has 0 bridgehead atoms. The molecular formula is C13H7BrF4N2. The van der Waals surface area contributed by atoms with E-state index in [9.17, 15) is 17.6 Å². The Labute approximate surface area is 120 Å². The van der Waals surface area contributed by atoms with Crippen molar-refractivity contribution in [3.8, 4) is 0 Å². The van der Waals surface area contributed by atoms with Gasteiger partial charge in [0.25, 0.3) is 0 Å². The van der Waals surface area contributed by atoms with Crippen LogP contribution in [0.25, 0.3) is 0 Å². The predicted octanol–water partition coefficient (Wildman–Crippen LogP) is 4.45. The lowest BCUT2D eigenvalue weighted by Gasteiger charge is -2.05. The first-order valence-corrected chi connectivity index (χ1v) is 6.16. The lowest BCUT2D eigenvalue weighted by molar-refractivity contribution is 0.458. The molecule has 0 saturated carbocycles. The zero-order valence-electron chi connectivity index (χ0n) is 9.80. The quantitative estimate of drug-likeness (QED) is 0.377. The minimum atomic E-state index is -1.53. The molecule has 1 N–H and O–H groups in total. The summed E-state index contributed by atoms with van der Waals surface area (Å²) in [5.41, 5.74) is 1.60. The van der Waals surface area contributed by atoms with Crippen LogP contribution in [0, 0.1) is 23.3 Å². The Morgan fingerprint density at radius 1 is 1.00 bits per heavy atom. The van der Waals surface area contributed by atoms with E-state index in [4.69, 9.17) is 0 Å². The van der Waals surface area contributed by atoms with Crippen molar-refractivity contribution in [2.45, 2.75) is 0 Å². The van der Waals surface area contributed by atoms with Crippen molar-refractivity contribution in [3.63, 3.8) is 0 Å². The number of halogens is 5. The largest absolute Gasteiger partial charge is 0.272 e. The molecule has 0 aliphatic heterocycles. The fourth-order valence-electron chi connectivity index (χ4n) is 1.42. The molecule has 0 heterocycles. The highest BCUT2D eigenvalue weighted by molar-refractivity contribution is 9.10. The lowest BCUT2D eigenvalue weighted by atomic mass is 10.2. The topological polar surface area (TPSA) is 24.4 Å². The number of rotatable bonds is 3. The maximum atomic E-state index is 13.3. The molecule has 0 unspecified atom stereocenters. The summed E-state index contributed by atoms with van der Waals surface area (Å²) in [4.78, 5) is 0. The molecule has 2 nitrogen and oxygen atoms in total. The number of anilines is 1. The minimum absolute atomic E-state index is 0.132. The summed E-state index contributed by atoms with van der Waals surface area (Å²) in [7, 11) is 0. The highest BCUT2D eigenvalue weighted by Gasteiger charge is 2.18. The van der Waals surface area contributed by atoms with E-state index < -0.39 is 29.0 Å². The van der Waals surface area contributed by atoms with E-state index in [1.54, 1.807) is 24.3 Å². The highest BCUT2D eigenvalue weighted by Crippen LogP contribution is 2.24. The molecule has 0 spiro atoms. The van der Waals surface area contributed by atoms with Crippen LogP contribution in [-0.4, -0.2) is 6.21 Å². The molecule has 0 atom stereocenters. The second-order valence-electron chi connectivity index (χ2n) is 3.73. The highest BCUT2D eigenvalue weighted by atomic mass is 79.9. The van der Waals surface area contributed by atoms with Crippen LogP contribution in [0.3, 0.4) is 0 Å². The Morgan fingerprint density at radius 3 is 2.20 bits per heavy atom. The second-order valence-corrected chi connectivity index (χ2v) is 4.59. The molecule has 0 aromatic heterocycles. The average molecular weight is 347 g/mol. The smallest absolute Gasteiger partial charge is 0.186 e. The van der Waals surface area contributed by atoms with Crippen LogP contribution < -0.4 is 5.43 Å². The number of hydrogen-bond acceptors (Lipinski definition) is 2. The van der Waals surface area contributed by atoms with E-state index in [1.165, 1.54) is 6.21 Å². The Bertz CT molecular complexity index is 647. The summed E-state index contributed by atoms with van der Waals surface area (Å²) in [6, 6.07) is 7.07. The standard InChI is InChI=1S/C13H7BrF4N2/c14-8-4-2-1-3-7(8)6-19-20-13-11(17)9(15)5-10(16)12(13)18/h1-6,20H/b19-6+. The van der Waals surface area contributed by atoms with Crippen LogP contribution in [0.2, 0.25) is 0 Å². The normalized spacial score (nSPS) is 11.1. The van der Waals surface area contributed by atoms with Gasteiger partial charge in [-0.1, -0.05) is 34.1 Å². The van der Waals surface area contributed by atoms with E-state index in [-0.39, 0.29) is 6.07 Å². The molecule has 0 saturated heterocycles. The Kier molecular flexibility index (Phi) is 4.39. The van der Waals surface area contributed by atoms with Crippen LogP contribution in [-0.2, 0) is 0 Å². The summed E-state index contributed by atoms with van der Waals surface area (Å²) in [5.74, 6) is -6.06. The van der Waals surface area contributed by atoms with Gasteiger partial charge in [-0.15, -0.1) is 0 Å². The van der Waals surface area contributed by atoms with Gasteiger partial charge >= 0.3 is 0 Å². The molecule has 20 heavy (non-hydrogen) atoms. The van der Waals surface area contributed by atoms with Crippen LogP contribution in [0.1, 0.15) is 5.56 Å². The number of benzene rings is 2. The fourth-order valence-corrected chi connectivity index (χ4v) is 1.80. The second kappa shape index (κ2) is 6.04. The van der Waals surface area contributed by atoms with Crippen LogP contribution >= 0.6 is 15.9 Å². The van der Waals surface area contributed by atoms with E-state index in [0.717, 1.165) is 0 Å². The number of nitrogens with one attached hydrogen (secondary N) is 1. The van der Waals surface area contributed by atoms with Crippen LogP contribution in [0.4, 0.5) is 23.2 Å². The maximum Gasteiger partial charge on any atom is 0.186 e. The molecule has 0 fully saturated rings. The van der Waals surface area contributed by atoms with Gasteiger partial charge in [0.2, 0.25) is 0 Å². The Hall–Kier alpha value is -1.89. The summed E-state index contributed by atoms with van der Waals surface area (Å²) in [6.45, 7) is 0. The van der Waals surface area contributed by atoms with Crippen molar-refractivity contribution in [3.05, 3.63) is 63.6 Å². The van der Waals surface area contributed by atoms with Gasteiger partial charge in [-0.2, -0.15) is 5.10 Å². The van der Waals surface area contributed by atoms with Crippen molar-refractivity contribution in [1.82, 2.24) is 0 Å². The molecule has 0 amide bonds. The summed E-state index contributed by atoms with van der Waals surface area (Å²) >= 11 is 3.25. The van der Waals surface area contributed by atoms with Gasteiger partial charge in [-0.05, 0) is 6.07 Å². The van der Waals surface area contributed by atoms with Crippen molar-refractivity contribution in [2.75, 3.05) is 5.43 Å². The first-order chi connectivity index (χ1) is 9.50. The van der Waals surface area contributed by atoms with Gasteiger partial charge in [0.1, 0.15) is 5.69 Å². The van der Waals surface area contributed by atoms with E-state index in [0.29, 0.717) is 10.0 Å². The first-order valence-electron chi connectivity index (χ1n) is 5.37. The average Bonchev–Trinajstić information content (AvgIpc) is 2.42. The Morgan fingerprint density at radius 2 is 1.60 bits per heavy atom. The molecule has 0 radical (unpaired) electrons. The number of hydrogen-bond donors (Lipinski definition) is 1. The van der Waals surface area contributed by atoms with Crippen LogP contribution in [0.5, 0.6) is 0 Å². The molecule has 2 aromatic rings. The van der Waals surface area contributed by atoms with Gasteiger partial charge in [-0.25, -0.2) is 17.6 Å². The molecule has 104 valence electrons. The molecule has 0 aliphatic carbocycles. The summed E-state index contributed by atoms with van der Waals surface area (Å²) in [5, 5.41) is 3.56. The summed E-state index contributed by atoms with van der Waals surface area (Å²) in [6.07, 6.45) is 1.26. The minimum Gasteiger partial charge on any atom is -0.272 e. The lowest BCUT2D eigenvalue weighted by Crippen LogP contribution is -2.02. The molecule has 2 rings (SSSR count). The zero-order chi connectivity index (χ0) is 14.7. The molecule has 0 aliphatic rings. The van der Waals surface area contributed by atoms with Gasteiger partial charge in [-0.3, -0.25) is 5.43 Å². The zero-order valence-corrected chi connectivity index (χ0v) is 11.4. The van der Waals surface area contributed by atoms with Crippen LogP contribution in [0.15, 0.2) is 39.9 Å². The monoisotopic (exact) mass is 346 g/mol. The van der Waals surface area contributed by atoms with Crippen molar-refractivity contribution < 1.29 is 17.6 Å². The van der Waals surface area contributed by atoms with Gasteiger partial charge in [0.05, 0.1) is 6.21 Å². The van der Waals surface area contributed by atoms with Gasteiger partial charge in [0.15, 0.2) is 23.3 Å². The van der Waals surface area contributed by atoms with Gasteiger partial charge < -0.3 is 0 Å². The third-order valence-electron chi connectivity index (χ3n) is 2.40. The van der Waals surface area contributed by atoms with Gasteiger partial charge in [0, 0.05) is 16.1 Å². The molecule has 7 heteroatoms. The maximum absolute atomic E-state index is 13.3. The fraction of sp³-hybridized carbons (Fsp3) is 0.